The number of rotatable bonds is 3. The number of carbonyl (C=O) groups is 1. The summed E-state index contributed by atoms with van der Waals surface area (Å²) in [6.45, 7) is 1.40. The lowest BCUT2D eigenvalue weighted by molar-refractivity contribution is -0.118. The first-order valence-electron chi connectivity index (χ1n) is 6.12. The number of anilines is 1. The lowest BCUT2D eigenvalue weighted by Gasteiger charge is -2.06. The smallest absolute Gasteiger partial charge is 0.235 e. The number of nitrogens with one attached hydrogen (secondary N) is 2. The summed E-state index contributed by atoms with van der Waals surface area (Å²) in [5.74, 6) is 0.257. The minimum Gasteiger partial charge on any atom is -0.281 e. The maximum Gasteiger partial charge on any atom is 0.235 e. The first kappa shape index (κ1) is 13.3. The number of carbonyl (C=O) groups excluding carboxylic acids is 1. The zero-order valence-corrected chi connectivity index (χ0v) is 11.8. The molecule has 2 heterocycles. The molecular weight excluding hydrogens is 292 g/mol. The summed E-state index contributed by atoms with van der Waals surface area (Å²) in [5.41, 5.74) is 6.61. The zero-order valence-electron chi connectivity index (χ0n) is 11.0. The molecule has 3 rings (SSSR count). The predicted molar refractivity (Wildman–Crippen MR) is 79.1 cm³/mol. The van der Waals surface area contributed by atoms with Crippen LogP contribution in [0.15, 0.2) is 36.8 Å². The molecule has 21 heavy (non-hydrogen) atoms. The molecule has 2 aromatic heterocycles. The number of hydrogen-bond donors (Lipinski definition) is 2. The Labute approximate surface area is 124 Å². The van der Waals surface area contributed by atoms with Crippen molar-refractivity contribution in [2.75, 3.05) is 5.43 Å². The second-order valence-electron chi connectivity index (χ2n) is 4.30. The second-order valence-corrected chi connectivity index (χ2v) is 4.74. The normalized spacial score (nSPS) is 10.6. The first-order valence-corrected chi connectivity index (χ1v) is 6.50. The van der Waals surface area contributed by atoms with Gasteiger partial charge in [0.1, 0.15) is 6.33 Å². The molecule has 0 aliphatic heterocycles. The Morgan fingerprint density at radius 3 is 2.95 bits per heavy atom. The summed E-state index contributed by atoms with van der Waals surface area (Å²) in [5, 5.41) is 5.60. The van der Waals surface area contributed by atoms with Crippen LogP contribution in [-0.2, 0) is 4.79 Å². The van der Waals surface area contributed by atoms with E-state index in [1.54, 1.807) is 23.0 Å². The average Bonchev–Trinajstić information content (AvgIpc) is 2.89. The monoisotopic (exact) mass is 302 g/mol. The first-order chi connectivity index (χ1) is 10.1. The van der Waals surface area contributed by atoms with E-state index in [1.165, 1.54) is 13.3 Å². The largest absolute Gasteiger partial charge is 0.281 e. The molecule has 1 amide bonds. The van der Waals surface area contributed by atoms with Gasteiger partial charge in [-0.1, -0.05) is 17.7 Å². The molecule has 106 valence electrons. The van der Waals surface area contributed by atoms with Gasteiger partial charge in [-0.15, -0.1) is 0 Å². The third-order valence-electron chi connectivity index (χ3n) is 2.78. The van der Waals surface area contributed by atoms with Crippen LogP contribution in [0.5, 0.6) is 0 Å². The van der Waals surface area contributed by atoms with Gasteiger partial charge in [-0.05, 0) is 18.2 Å². The number of aromatic nitrogens is 4. The van der Waals surface area contributed by atoms with E-state index >= 15 is 0 Å². The molecule has 7 nitrogen and oxygen atoms in total. The zero-order chi connectivity index (χ0) is 14.8. The van der Waals surface area contributed by atoms with Crippen LogP contribution in [0.25, 0.3) is 16.7 Å². The molecule has 0 spiro atoms. The molecule has 0 bridgehead atoms. The Bertz CT molecular complexity index is 815. The fraction of sp³-hybridized carbons (Fsp3) is 0.0769. The molecule has 0 radical (unpaired) electrons. The fourth-order valence-electron chi connectivity index (χ4n) is 1.89. The summed E-state index contributed by atoms with van der Waals surface area (Å²) >= 11 is 6.00. The third-order valence-corrected chi connectivity index (χ3v) is 3.01. The number of halogens is 1. The topological polar surface area (TPSA) is 84.7 Å². The van der Waals surface area contributed by atoms with Crippen molar-refractivity contribution >= 4 is 34.4 Å². The summed E-state index contributed by atoms with van der Waals surface area (Å²) in [6, 6.07) is 7.29. The van der Waals surface area contributed by atoms with Crippen LogP contribution in [0.2, 0.25) is 5.02 Å². The van der Waals surface area contributed by atoms with Crippen LogP contribution >= 0.6 is 11.6 Å². The van der Waals surface area contributed by atoms with Crippen molar-refractivity contribution in [3.63, 3.8) is 0 Å². The number of hydrazine groups is 1. The minimum absolute atomic E-state index is 0.219. The van der Waals surface area contributed by atoms with E-state index in [2.05, 4.69) is 25.9 Å². The van der Waals surface area contributed by atoms with E-state index in [0.29, 0.717) is 21.9 Å². The van der Waals surface area contributed by atoms with E-state index in [1.807, 2.05) is 12.1 Å². The Balaban J connectivity index is 2.06. The average molecular weight is 303 g/mol. The van der Waals surface area contributed by atoms with E-state index in [-0.39, 0.29) is 5.91 Å². The minimum atomic E-state index is -0.219. The molecule has 8 heteroatoms. The highest BCUT2D eigenvalue weighted by atomic mass is 35.5. The highest BCUT2D eigenvalue weighted by molar-refractivity contribution is 6.30. The second kappa shape index (κ2) is 5.37. The molecule has 0 fully saturated rings. The molecule has 0 saturated heterocycles. The molecule has 0 aliphatic rings. The molecule has 3 aromatic rings. The van der Waals surface area contributed by atoms with Crippen LogP contribution in [0.4, 0.5) is 5.82 Å². The summed E-state index contributed by atoms with van der Waals surface area (Å²) in [4.78, 5) is 19.3. The molecular formula is C13H11ClN6O. The Morgan fingerprint density at radius 1 is 1.33 bits per heavy atom. The van der Waals surface area contributed by atoms with Crippen molar-refractivity contribution in [3.05, 3.63) is 41.8 Å². The van der Waals surface area contributed by atoms with Crippen molar-refractivity contribution < 1.29 is 4.79 Å². The summed E-state index contributed by atoms with van der Waals surface area (Å²) < 4.78 is 1.65. The standard InChI is InChI=1S/C13H11ClN6O/c1-8(21)18-19-12-11-6-17-20(13(11)16-7-15-12)10-4-2-3-9(14)5-10/h2-7H,1H3,(H,18,21)(H,15,16,19). The van der Waals surface area contributed by atoms with E-state index in [4.69, 9.17) is 11.6 Å². The van der Waals surface area contributed by atoms with Crippen LogP contribution in [0.1, 0.15) is 6.92 Å². The molecule has 0 atom stereocenters. The van der Waals surface area contributed by atoms with Gasteiger partial charge in [-0.2, -0.15) is 5.10 Å². The van der Waals surface area contributed by atoms with Crippen molar-refractivity contribution in [1.29, 1.82) is 0 Å². The van der Waals surface area contributed by atoms with E-state index < -0.39 is 0 Å². The Kier molecular flexibility index (Phi) is 3.41. The SMILES string of the molecule is CC(=O)NNc1ncnc2c1cnn2-c1cccc(Cl)c1. The number of hydrogen-bond acceptors (Lipinski definition) is 5. The van der Waals surface area contributed by atoms with E-state index in [0.717, 1.165) is 5.69 Å². The van der Waals surface area contributed by atoms with Gasteiger partial charge >= 0.3 is 0 Å². The highest BCUT2D eigenvalue weighted by Gasteiger charge is 2.11. The van der Waals surface area contributed by atoms with Crippen molar-refractivity contribution in [3.8, 4) is 5.69 Å². The predicted octanol–water partition coefficient (Wildman–Crippen LogP) is 1.93. The van der Waals surface area contributed by atoms with Crippen LogP contribution in [0, 0.1) is 0 Å². The van der Waals surface area contributed by atoms with Gasteiger partial charge in [-0.25, -0.2) is 14.6 Å². The maximum atomic E-state index is 11.0. The van der Waals surface area contributed by atoms with Gasteiger partial charge < -0.3 is 0 Å². The summed E-state index contributed by atoms with van der Waals surface area (Å²) in [6.07, 6.45) is 3.02. The van der Waals surface area contributed by atoms with Crippen LogP contribution < -0.4 is 10.9 Å². The molecule has 1 aromatic carbocycles. The van der Waals surface area contributed by atoms with E-state index in [9.17, 15) is 4.79 Å². The van der Waals surface area contributed by atoms with Crippen LogP contribution in [0.3, 0.4) is 0 Å². The van der Waals surface area contributed by atoms with Crippen molar-refractivity contribution in [2.45, 2.75) is 6.92 Å². The quantitative estimate of drug-likeness (QED) is 0.722. The third kappa shape index (κ3) is 2.63. The number of amides is 1. The van der Waals surface area contributed by atoms with Gasteiger partial charge in [-0.3, -0.25) is 15.6 Å². The van der Waals surface area contributed by atoms with Gasteiger partial charge in [0.25, 0.3) is 0 Å². The molecule has 0 saturated carbocycles. The number of fused-ring (bicyclic) bond motifs is 1. The fourth-order valence-corrected chi connectivity index (χ4v) is 2.07. The summed E-state index contributed by atoms with van der Waals surface area (Å²) in [7, 11) is 0. The molecule has 0 unspecified atom stereocenters. The lowest BCUT2D eigenvalue weighted by Crippen LogP contribution is -2.27. The highest BCUT2D eigenvalue weighted by Crippen LogP contribution is 2.22. The van der Waals surface area contributed by atoms with Gasteiger partial charge in [0, 0.05) is 11.9 Å². The Hall–Kier alpha value is -2.67. The van der Waals surface area contributed by atoms with Crippen molar-refractivity contribution in [1.82, 2.24) is 25.2 Å². The number of nitrogens with zero attached hydrogens (tertiary/aromatic N) is 4. The van der Waals surface area contributed by atoms with Gasteiger partial charge in [0.05, 0.1) is 17.3 Å². The Morgan fingerprint density at radius 2 is 2.19 bits per heavy atom. The molecule has 0 aliphatic carbocycles. The van der Waals surface area contributed by atoms with Crippen molar-refractivity contribution in [2.24, 2.45) is 0 Å². The molecule has 2 N–H and O–H groups in total. The van der Waals surface area contributed by atoms with Gasteiger partial charge in [0.2, 0.25) is 5.91 Å². The lowest BCUT2D eigenvalue weighted by atomic mass is 10.3. The van der Waals surface area contributed by atoms with Gasteiger partial charge in [0.15, 0.2) is 11.5 Å². The maximum absolute atomic E-state index is 11.0. The van der Waals surface area contributed by atoms with Crippen LogP contribution in [-0.4, -0.2) is 25.7 Å². The number of benzene rings is 1.